The number of hydrogen-bond acceptors (Lipinski definition) is 3. The molecule has 0 atom stereocenters. The van der Waals surface area contributed by atoms with Crippen LogP contribution in [0.3, 0.4) is 0 Å². The van der Waals surface area contributed by atoms with Crippen LogP contribution >= 0.6 is 0 Å². The molecule has 6 nitrogen and oxygen atoms in total. The lowest BCUT2D eigenvalue weighted by Gasteiger charge is -2.08. The average Bonchev–Trinajstić information content (AvgIpc) is 3.04. The third-order valence-electron chi connectivity index (χ3n) is 3.47. The van der Waals surface area contributed by atoms with E-state index in [1.54, 1.807) is 6.20 Å². The number of carbonyl (C=O) groups is 1. The van der Waals surface area contributed by atoms with Crippen molar-refractivity contribution in [2.45, 2.75) is 13.5 Å². The number of urea groups is 1. The van der Waals surface area contributed by atoms with Crippen molar-refractivity contribution in [2.75, 3.05) is 5.32 Å². The Morgan fingerprint density at radius 1 is 1.38 bits per heavy atom. The second kappa shape index (κ2) is 5.32. The van der Waals surface area contributed by atoms with Gasteiger partial charge in [0.15, 0.2) is 0 Å². The molecule has 0 saturated heterocycles. The summed E-state index contributed by atoms with van der Waals surface area (Å²) >= 11 is 0. The molecule has 2 N–H and O–H groups in total. The van der Waals surface area contributed by atoms with Crippen molar-refractivity contribution in [1.82, 2.24) is 15.0 Å². The zero-order valence-electron chi connectivity index (χ0n) is 11.9. The number of benzene rings is 1. The van der Waals surface area contributed by atoms with Crippen LogP contribution in [-0.4, -0.2) is 15.8 Å². The van der Waals surface area contributed by atoms with Crippen molar-refractivity contribution >= 4 is 22.6 Å². The maximum Gasteiger partial charge on any atom is 0.319 e. The van der Waals surface area contributed by atoms with E-state index in [9.17, 15) is 4.79 Å². The number of aromatic nitrogens is 2. The summed E-state index contributed by atoms with van der Waals surface area (Å²) in [5, 5.41) is 10.3. The van der Waals surface area contributed by atoms with Crippen LogP contribution in [0.1, 0.15) is 11.3 Å². The fourth-order valence-corrected chi connectivity index (χ4v) is 2.24. The molecule has 0 fully saturated rings. The zero-order chi connectivity index (χ0) is 14.8. The van der Waals surface area contributed by atoms with Gasteiger partial charge >= 0.3 is 6.03 Å². The van der Waals surface area contributed by atoms with Crippen LogP contribution in [-0.2, 0) is 13.6 Å². The molecule has 21 heavy (non-hydrogen) atoms. The van der Waals surface area contributed by atoms with Gasteiger partial charge in [-0.3, -0.25) is 0 Å². The van der Waals surface area contributed by atoms with Gasteiger partial charge in [-0.15, -0.1) is 0 Å². The molecule has 0 aliphatic carbocycles. The topological polar surface area (TPSA) is 72.1 Å². The van der Waals surface area contributed by atoms with Gasteiger partial charge in [-0.1, -0.05) is 11.2 Å². The summed E-state index contributed by atoms with van der Waals surface area (Å²) in [4.78, 5) is 12.0. The summed E-state index contributed by atoms with van der Waals surface area (Å²) in [6.07, 6.45) is 3.57. The van der Waals surface area contributed by atoms with Gasteiger partial charge in [0.1, 0.15) is 5.76 Å². The fourth-order valence-electron chi connectivity index (χ4n) is 2.24. The molecule has 2 aromatic heterocycles. The predicted molar refractivity (Wildman–Crippen MR) is 80.0 cm³/mol. The molecule has 0 radical (unpaired) electrons. The summed E-state index contributed by atoms with van der Waals surface area (Å²) in [6.45, 7) is 2.19. The Hall–Kier alpha value is -2.76. The monoisotopic (exact) mass is 284 g/mol. The van der Waals surface area contributed by atoms with E-state index in [1.807, 2.05) is 49.0 Å². The first-order chi connectivity index (χ1) is 10.1. The fraction of sp³-hybridized carbons (Fsp3) is 0.200. The minimum absolute atomic E-state index is 0.257. The first-order valence-electron chi connectivity index (χ1n) is 6.64. The minimum Gasteiger partial charge on any atom is -0.361 e. The van der Waals surface area contributed by atoms with E-state index in [-0.39, 0.29) is 6.03 Å². The largest absolute Gasteiger partial charge is 0.361 e. The quantitative estimate of drug-likeness (QED) is 0.776. The summed E-state index contributed by atoms with van der Waals surface area (Å²) in [6, 6.07) is 7.54. The van der Waals surface area contributed by atoms with E-state index in [0.29, 0.717) is 12.3 Å². The molecule has 0 aliphatic heterocycles. The van der Waals surface area contributed by atoms with Crippen LogP contribution in [0, 0.1) is 6.92 Å². The summed E-state index contributed by atoms with van der Waals surface area (Å²) < 4.78 is 6.96. The van der Waals surface area contributed by atoms with Crippen molar-refractivity contribution in [3.8, 4) is 0 Å². The molecule has 1 aromatic carbocycles. The molecule has 0 unspecified atom stereocenters. The number of anilines is 1. The van der Waals surface area contributed by atoms with Crippen molar-refractivity contribution in [2.24, 2.45) is 7.05 Å². The van der Waals surface area contributed by atoms with Gasteiger partial charge in [0, 0.05) is 36.3 Å². The lowest BCUT2D eigenvalue weighted by atomic mass is 10.2. The molecule has 0 bridgehead atoms. The van der Waals surface area contributed by atoms with Crippen LogP contribution in [0.2, 0.25) is 0 Å². The lowest BCUT2D eigenvalue weighted by Crippen LogP contribution is -2.28. The summed E-state index contributed by atoms with van der Waals surface area (Å²) in [5.74, 6) is 0.709. The third kappa shape index (κ3) is 2.60. The Kier molecular flexibility index (Phi) is 3.35. The Morgan fingerprint density at radius 3 is 3.00 bits per heavy atom. The maximum atomic E-state index is 12.0. The molecular formula is C15H16N4O2. The van der Waals surface area contributed by atoms with Crippen molar-refractivity contribution in [3.63, 3.8) is 0 Å². The summed E-state index contributed by atoms with van der Waals surface area (Å²) in [7, 11) is 1.97. The smallest absolute Gasteiger partial charge is 0.319 e. The van der Waals surface area contributed by atoms with Crippen LogP contribution in [0.5, 0.6) is 0 Å². The Balaban J connectivity index is 1.70. The zero-order valence-corrected chi connectivity index (χ0v) is 11.9. The first kappa shape index (κ1) is 13.2. The molecule has 6 heteroatoms. The lowest BCUT2D eigenvalue weighted by molar-refractivity contribution is 0.251. The van der Waals surface area contributed by atoms with E-state index in [1.165, 1.54) is 0 Å². The molecule has 2 heterocycles. The van der Waals surface area contributed by atoms with Gasteiger partial charge in [-0.25, -0.2) is 4.79 Å². The van der Waals surface area contributed by atoms with E-state index >= 15 is 0 Å². The van der Waals surface area contributed by atoms with E-state index in [2.05, 4.69) is 15.8 Å². The highest BCUT2D eigenvalue weighted by molar-refractivity contribution is 6.00. The standard InChI is InChI=1S/C15H16N4O2/c1-10-11(9-17-21-10)8-16-15(20)18-13-4-3-5-14-12(13)6-7-19(14)2/h3-7,9H,8H2,1-2H3,(H2,16,18,20). The van der Waals surface area contributed by atoms with Crippen molar-refractivity contribution in [3.05, 3.63) is 48.0 Å². The third-order valence-corrected chi connectivity index (χ3v) is 3.47. The number of hydrogen-bond donors (Lipinski definition) is 2. The molecule has 0 spiro atoms. The first-order valence-corrected chi connectivity index (χ1v) is 6.64. The predicted octanol–water partition coefficient (Wildman–Crippen LogP) is 2.80. The second-order valence-electron chi connectivity index (χ2n) is 4.88. The number of fused-ring (bicyclic) bond motifs is 1. The Bertz CT molecular complexity index is 788. The van der Waals surface area contributed by atoms with Crippen LogP contribution in [0.25, 0.3) is 10.9 Å². The number of nitrogens with one attached hydrogen (secondary N) is 2. The average molecular weight is 284 g/mol. The Labute approximate surface area is 121 Å². The van der Waals surface area contributed by atoms with Gasteiger partial charge in [0.05, 0.1) is 11.9 Å². The van der Waals surface area contributed by atoms with Crippen molar-refractivity contribution in [1.29, 1.82) is 0 Å². The van der Waals surface area contributed by atoms with Gasteiger partial charge in [-0.2, -0.15) is 0 Å². The highest BCUT2D eigenvalue weighted by Crippen LogP contribution is 2.23. The van der Waals surface area contributed by atoms with E-state index in [4.69, 9.17) is 4.52 Å². The van der Waals surface area contributed by atoms with Crippen LogP contribution in [0.15, 0.2) is 41.2 Å². The SMILES string of the molecule is Cc1oncc1CNC(=O)Nc1cccc2c1ccn2C. The van der Waals surface area contributed by atoms with Gasteiger partial charge < -0.3 is 19.7 Å². The normalized spacial score (nSPS) is 10.8. The van der Waals surface area contributed by atoms with Crippen LogP contribution in [0.4, 0.5) is 10.5 Å². The minimum atomic E-state index is -0.257. The van der Waals surface area contributed by atoms with E-state index < -0.39 is 0 Å². The molecule has 0 aliphatic rings. The number of aryl methyl sites for hydroxylation is 2. The molecule has 2 amide bonds. The molecule has 0 saturated carbocycles. The van der Waals surface area contributed by atoms with Gasteiger partial charge in [0.25, 0.3) is 0 Å². The molecule has 3 aromatic rings. The molecular weight excluding hydrogens is 268 g/mol. The number of amides is 2. The molecule has 108 valence electrons. The van der Waals surface area contributed by atoms with Gasteiger partial charge in [-0.05, 0) is 25.1 Å². The molecule has 3 rings (SSSR count). The highest BCUT2D eigenvalue weighted by atomic mass is 16.5. The maximum absolute atomic E-state index is 12.0. The summed E-state index contributed by atoms with van der Waals surface area (Å²) in [5.41, 5.74) is 2.72. The second-order valence-corrected chi connectivity index (χ2v) is 4.88. The number of nitrogens with zero attached hydrogens (tertiary/aromatic N) is 2. The van der Waals surface area contributed by atoms with Crippen LogP contribution < -0.4 is 10.6 Å². The number of carbonyl (C=O) groups excluding carboxylic acids is 1. The van der Waals surface area contributed by atoms with Crippen molar-refractivity contribution < 1.29 is 9.32 Å². The van der Waals surface area contributed by atoms with E-state index in [0.717, 1.165) is 22.2 Å². The number of rotatable bonds is 3. The van der Waals surface area contributed by atoms with Gasteiger partial charge in [0.2, 0.25) is 0 Å². The highest BCUT2D eigenvalue weighted by Gasteiger charge is 2.08. The Morgan fingerprint density at radius 2 is 2.24 bits per heavy atom.